The van der Waals surface area contributed by atoms with Crippen LogP contribution >= 0.6 is 11.3 Å². The Labute approximate surface area is 197 Å². The smallest absolute Gasteiger partial charge is 0.283 e. The average molecular weight is 484 g/mol. The number of aromatic nitrogens is 3. The number of anilines is 1. The van der Waals surface area contributed by atoms with Gasteiger partial charge in [0.2, 0.25) is 0 Å². The van der Waals surface area contributed by atoms with Crippen LogP contribution < -0.4 is 5.32 Å². The van der Waals surface area contributed by atoms with Crippen molar-refractivity contribution >= 4 is 34.1 Å². The molecule has 0 aliphatic carbocycles. The van der Waals surface area contributed by atoms with Crippen LogP contribution in [-0.2, 0) is 0 Å². The molecule has 2 aromatic heterocycles. The molecular weight excluding hydrogens is 463 g/mol. The highest BCUT2D eigenvalue weighted by molar-refractivity contribution is 7.16. The minimum atomic E-state index is -0.980. The third kappa shape index (κ3) is 4.58. The molecule has 6 nitrogen and oxygen atoms in total. The molecular formula is C24H20F3N5OS. The van der Waals surface area contributed by atoms with Crippen LogP contribution in [0.15, 0.2) is 48.8 Å². The second-order valence-electron chi connectivity index (χ2n) is 8.08. The molecule has 174 valence electrons. The van der Waals surface area contributed by atoms with E-state index in [4.69, 9.17) is 0 Å². The summed E-state index contributed by atoms with van der Waals surface area (Å²) < 4.78 is 40.2. The Bertz CT molecular complexity index is 1340. The third-order valence-electron chi connectivity index (χ3n) is 5.81. The second-order valence-corrected chi connectivity index (χ2v) is 9.11. The van der Waals surface area contributed by atoms with Gasteiger partial charge < -0.3 is 10.2 Å². The van der Waals surface area contributed by atoms with Crippen molar-refractivity contribution in [1.29, 1.82) is 0 Å². The Morgan fingerprint density at radius 3 is 2.59 bits per heavy atom. The molecule has 2 aromatic carbocycles. The van der Waals surface area contributed by atoms with E-state index in [1.54, 1.807) is 18.3 Å². The summed E-state index contributed by atoms with van der Waals surface area (Å²) in [5.74, 6) is -1.99. The lowest BCUT2D eigenvalue weighted by Crippen LogP contribution is -2.47. The minimum Gasteiger partial charge on any atom is -0.367 e. The summed E-state index contributed by atoms with van der Waals surface area (Å²) in [5.41, 5.74) is 1.32. The van der Waals surface area contributed by atoms with Crippen molar-refractivity contribution in [1.82, 2.24) is 19.9 Å². The summed E-state index contributed by atoms with van der Waals surface area (Å²) in [6.45, 7) is 1.05. The molecule has 1 saturated heterocycles. The number of carbonyl (C=O) groups excluding carboxylic acids is 1. The number of halogens is 3. The zero-order valence-corrected chi connectivity index (χ0v) is 18.8. The summed E-state index contributed by atoms with van der Waals surface area (Å²) in [7, 11) is 0. The van der Waals surface area contributed by atoms with Gasteiger partial charge in [-0.1, -0.05) is 12.1 Å². The number of thiazole rings is 1. The number of rotatable bonds is 5. The maximum Gasteiger partial charge on any atom is 0.283 e. The van der Waals surface area contributed by atoms with Gasteiger partial charge >= 0.3 is 0 Å². The van der Waals surface area contributed by atoms with E-state index in [-0.39, 0.29) is 28.8 Å². The van der Waals surface area contributed by atoms with Crippen molar-refractivity contribution in [3.63, 3.8) is 0 Å². The Morgan fingerprint density at radius 1 is 1.03 bits per heavy atom. The summed E-state index contributed by atoms with van der Waals surface area (Å²) >= 11 is 1.28. The van der Waals surface area contributed by atoms with Crippen LogP contribution in [0.4, 0.5) is 19.0 Å². The van der Waals surface area contributed by atoms with Gasteiger partial charge in [-0.2, -0.15) is 0 Å². The monoisotopic (exact) mass is 483 g/mol. The van der Waals surface area contributed by atoms with Crippen LogP contribution in [-0.4, -0.2) is 44.9 Å². The number of carbonyl (C=O) groups is 1. The highest BCUT2D eigenvalue weighted by atomic mass is 32.1. The zero-order chi connectivity index (χ0) is 23.7. The van der Waals surface area contributed by atoms with E-state index in [1.807, 2.05) is 4.90 Å². The van der Waals surface area contributed by atoms with E-state index in [9.17, 15) is 18.0 Å². The molecule has 1 aliphatic rings. The van der Waals surface area contributed by atoms with Crippen molar-refractivity contribution in [3.8, 4) is 10.4 Å². The Kier molecular flexibility index (Phi) is 6.14. The van der Waals surface area contributed by atoms with Crippen LogP contribution in [0.3, 0.4) is 0 Å². The number of hydrogen-bond donors (Lipinski definition) is 1. The summed E-state index contributed by atoms with van der Waals surface area (Å²) in [6.07, 6.45) is 5.80. The van der Waals surface area contributed by atoms with Gasteiger partial charge in [-0.3, -0.25) is 9.78 Å². The van der Waals surface area contributed by atoms with Crippen LogP contribution in [0.1, 0.15) is 29.1 Å². The highest BCUT2D eigenvalue weighted by Gasteiger charge is 2.29. The van der Waals surface area contributed by atoms with Crippen LogP contribution in [0.2, 0.25) is 0 Å². The number of nitrogens with one attached hydrogen (secondary N) is 1. The quantitative estimate of drug-likeness (QED) is 0.418. The molecule has 3 heterocycles. The summed E-state index contributed by atoms with van der Waals surface area (Å²) in [6, 6.07) is 8.03. The van der Waals surface area contributed by atoms with E-state index in [0.717, 1.165) is 41.8 Å². The fourth-order valence-corrected chi connectivity index (χ4v) is 4.92. The van der Waals surface area contributed by atoms with Crippen LogP contribution in [0, 0.1) is 17.5 Å². The molecule has 1 fully saturated rings. The number of benzene rings is 2. The molecule has 0 spiro atoms. The fourth-order valence-electron chi connectivity index (χ4n) is 4.04. The Morgan fingerprint density at radius 2 is 1.79 bits per heavy atom. The standard InChI is InChI=1S/C24H20F3N5OS/c25-15-6-4-14(5-7-15)21-12-30-23(34-21)24(33)32-8-2-1-3-16(32)11-29-22-13-28-19-9-17(26)18(27)10-20(19)31-22/h4-7,9-10,12-13,16H,1-3,8,11H2,(H,29,31)/t16-/m0/s1. The molecule has 1 amide bonds. The number of nitrogens with zero attached hydrogens (tertiary/aromatic N) is 4. The van der Waals surface area contributed by atoms with Gasteiger partial charge in [0.15, 0.2) is 16.6 Å². The molecule has 0 bridgehead atoms. The maximum absolute atomic E-state index is 13.6. The Hall–Kier alpha value is -3.53. The first-order valence-electron chi connectivity index (χ1n) is 10.9. The first-order valence-corrected chi connectivity index (χ1v) is 11.7. The SMILES string of the molecule is O=C(c1ncc(-c2ccc(F)cc2)s1)N1CCCC[C@H]1CNc1cnc2cc(F)c(F)cc2n1. The van der Waals surface area contributed by atoms with Crippen molar-refractivity contribution < 1.29 is 18.0 Å². The van der Waals surface area contributed by atoms with Crippen molar-refractivity contribution in [2.24, 2.45) is 0 Å². The van der Waals surface area contributed by atoms with Gasteiger partial charge in [-0.25, -0.2) is 23.1 Å². The largest absolute Gasteiger partial charge is 0.367 e. The van der Waals surface area contributed by atoms with Crippen molar-refractivity contribution in [2.45, 2.75) is 25.3 Å². The summed E-state index contributed by atoms with van der Waals surface area (Å²) in [5, 5.41) is 3.56. The molecule has 4 aromatic rings. The van der Waals surface area contributed by atoms with Gasteiger partial charge in [0.1, 0.15) is 11.6 Å². The van der Waals surface area contributed by atoms with Gasteiger partial charge in [0, 0.05) is 37.5 Å². The fraction of sp³-hybridized carbons (Fsp3) is 0.250. The summed E-state index contributed by atoms with van der Waals surface area (Å²) in [4.78, 5) is 28.6. The number of fused-ring (bicyclic) bond motifs is 1. The predicted molar refractivity (Wildman–Crippen MR) is 124 cm³/mol. The topological polar surface area (TPSA) is 71.0 Å². The average Bonchev–Trinajstić information content (AvgIpc) is 3.34. The zero-order valence-electron chi connectivity index (χ0n) is 18.0. The second kappa shape index (κ2) is 9.38. The Balaban J connectivity index is 1.29. The number of amides is 1. The van der Waals surface area contributed by atoms with E-state index < -0.39 is 11.6 Å². The minimum absolute atomic E-state index is 0.0816. The molecule has 0 unspecified atom stereocenters. The molecule has 0 radical (unpaired) electrons. The van der Waals surface area contributed by atoms with E-state index in [2.05, 4.69) is 20.3 Å². The normalized spacial score (nSPS) is 16.1. The van der Waals surface area contributed by atoms with Crippen LogP contribution in [0.25, 0.3) is 21.5 Å². The van der Waals surface area contributed by atoms with Gasteiger partial charge in [-0.05, 0) is 37.0 Å². The van der Waals surface area contributed by atoms with E-state index >= 15 is 0 Å². The number of hydrogen-bond acceptors (Lipinski definition) is 6. The van der Waals surface area contributed by atoms with Gasteiger partial charge in [0.25, 0.3) is 5.91 Å². The maximum atomic E-state index is 13.6. The number of piperidine rings is 1. The highest BCUT2D eigenvalue weighted by Crippen LogP contribution is 2.29. The molecule has 1 aliphatic heterocycles. The number of likely N-dealkylation sites (tertiary alicyclic amines) is 1. The third-order valence-corrected chi connectivity index (χ3v) is 6.84. The molecule has 1 N–H and O–H groups in total. The lowest BCUT2D eigenvalue weighted by molar-refractivity contribution is 0.0628. The first kappa shape index (κ1) is 22.3. The van der Waals surface area contributed by atoms with E-state index in [0.29, 0.717) is 23.9 Å². The molecule has 0 saturated carbocycles. The van der Waals surface area contributed by atoms with Crippen molar-refractivity contribution in [2.75, 3.05) is 18.4 Å². The lowest BCUT2D eigenvalue weighted by Gasteiger charge is -2.35. The lowest BCUT2D eigenvalue weighted by atomic mass is 10.0. The molecule has 1 atom stereocenters. The first-order chi connectivity index (χ1) is 16.5. The predicted octanol–water partition coefficient (Wildman–Crippen LogP) is 5.28. The van der Waals surface area contributed by atoms with Crippen molar-refractivity contribution in [3.05, 3.63) is 71.3 Å². The van der Waals surface area contributed by atoms with Crippen LogP contribution in [0.5, 0.6) is 0 Å². The molecule has 5 rings (SSSR count). The van der Waals surface area contributed by atoms with E-state index in [1.165, 1.54) is 29.7 Å². The molecule has 10 heteroatoms. The molecule has 34 heavy (non-hydrogen) atoms. The van der Waals surface area contributed by atoms with Gasteiger partial charge in [0.05, 0.1) is 22.1 Å². The van der Waals surface area contributed by atoms with Gasteiger partial charge in [-0.15, -0.1) is 11.3 Å².